The Kier molecular flexibility index (Phi) is 3.83. The number of rotatable bonds is 3. The van der Waals surface area contributed by atoms with Gasteiger partial charge in [-0.05, 0) is 23.8 Å². The zero-order valence-corrected chi connectivity index (χ0v) is 15.1. The Bertz CT molecular complexity index is 1410. The fourth-order valence-corrected chi connectivity index (χ4v) is 3.41. The normalized spacial score (nSPS) is 11.3. The van der Waals surface area contributed by atoms with Crippen molar-refractivity contribution in [2.24, 2.45) is 0 Å². The van der Waals surface area contributed by atoms with Crippen molar-refractivity contribution in [2.45, 2.75) is 6.54 Å². The van der Waals surface area contributed by atoms with Crippen molar-refractivity contribution in [3.8, 4) is 0 Å². The number of halogens is 1. The van der Waals surface area contributed by atoms with Gasteiger partial charge in [-0.3, -0.25) is 14.2 Å². The number of hydrogen-bond acceptors (Lipinski definition) is 5. The number of carbonyl (C=O) groups excluding carboxylic acids is 1. The summed E-state index contributed by atoms with van der Waals surface area (Å²) in [7, 11) is 0. The SMILES string of the molecule is Nc1nc2c(F)cccc2c2nc(C(=O)NCc3cccc4cccnc34)cn12. The summed E-state index contributed by atoms with van der Waals surface area (Å²) >= 11 is 0. The fraction of sp³-hybridized carbons (Fsp3) is 0.0476. The molecule has 3 N–H and O–H groups in total. The predicted molar refractivity (Wildman–Crippen MR) is 108 cm³/mol. The maximum Gasteiger partial charge on any atom is 0.271 e. The summed E-state index contributed by atoms with van der Waals surface area (Å²) < 4.78 is 15.5. The second-order valence-electron chi connectivity index (χ2n) is 6.60. The standard InChI is InChI=1S/C21H15FN6O/c22-15-8-2-7-14-18(15)27-21(23)28-11-16(26-19(14)28)20(29)25-10-13-5-1-4-12-6-3-9-24-17(12)13/h1-9,11H,10H2,(H2,23,27)(H,25,29). The maximum absolute atomic E-state index is 14.1. The van der Waals surface area contributed by atoms with E-state index < -0.39 is 5.82 Å². The molecule has 0 spiro atoms. The van der Waals surface area contributed by atoms with Gasteiger partial charge in [-0.25, -0.2) is 14.4 Å². The van der Waals surface area contributed by atoms with E-state index in [1.165, 1.54) is 16.7 Å². The number of para-hydroxylation sites is 2. The Labute approximate surface area is 164 Å². The number of anilines is 1. The molecular weight excluding hydrogens is 371 g/mol. The highest BCUT2D eigenvalue weighted by molar-refractivity contribution is 5.97. The molecular formula is C21H15FN6O. The zero-order valence-electron chi connectivity index (χ0n) is 15.1. The first kappa shape index (κ1) is 17.1. The first-order valence-corrected chi connectivity index (χ1v) is 8.95. The molecule has 0 aliphatic carbocycles. The van der Waals surface area contributed by atoms with E-state index in [1.807, 2.05) is 30.3 Å². The number of amides is 1. The van der Waals surface area contributed by atoms with Crippen molar-refractivity contribution in [2.75, 3.05) is 5.73 Å². The molecule has 0 fully saturated rings. The number of nitrogens with zero attached hydrogens (tertiary/aromatic N) is 4. The lowest BCUT2D eigenvalue weighted by Crippen LogP contribution is -2.23. The highest BCUT2D eigenvalue weighted by atomic mass is 19.1. The van der Waals surface area contributed by atoms with E-state index in [0.717, 1.165) is 16.5 Å². The van der Waals surface area contributed by atoms with E-state index in [1.54, 1.807) is 18.3 Å². The minimum absolute atomic E-state index is 0.0578. The topological polar surface area (TPSA) is 98.2 Å². The van der Waals surface area contributed by atoms with Crippen LogP contribution in [-0.4, -0.2) is 25.3 Å². The summed E-state index contributed by atoms with van der Waals surface area (Å²) in [6.07, 6.45) is 3.22. The molecule has 8 heteroatoms. The Morgan fingerprint density at radius 2 is 1.90 bits per heavy atom. The molecule has 0 saturated heterocycles. The zero-order chi connectivity index (χ0) is 20.0. The van der Waals surface area contributed by atoms with Crippen LogP contribution in [0.3, 0.4) is 0 Å². The van der Waals surface area contributed by atoms with Crippen LogP contribution in [0.5, 0.6) is 0 Å². The lowest BCUT2D eigenvalue weighted by Gasteiger charge is -2.06. The highest BCUT2D eigenvalue weighted by Gasteiger charge is 2.16. The van der Waals surface area contributed by atoms with Gasteiger partial charge in [0.05, 0.1) is 5.52 Å². The quantitative estimate of drug-likeness (QED) is 0.497. The molecule has 3 heterocycles. The van der Waals surface area contributed by atoms with E-state index in [2.05, 4.69) is 20.3 Å². The van der Waals surface area contributed by atoms with Gasteiger partial charge in [0.1, 0.15) is 22.7 Å². The minimum atomic E-state index is -0.492. The van der Waals surface area contributed by atoms with Crippen LogP contribution in [0.25, 0.3) is 27.5 Å². The van der Waals surface area contributed by atoms with Crippen molar-refractivity contribution in [3.05, 3.63) is 78.0 Å². The van der Waals surface area contributed by atoms with Gasteiger partial charge in [0.25, 0.3) is 5.91 Å². The molecule has 0 aliphatic heterocycles. The van der Waals surface area contributed by atoms with Crippen LogP contribution in [0, 0.1) is 5.82 Å². The molecule has 0 saturated carbocycles. The smallest absolute Gasteiger partial charge is 0.271 e. The minimum Gasteiger partial charge on any atom is -0.369 e. The molecule has 7 nitrogen and oxygen atoms in total. The summed E-state index contributed by atoms with van der Waals surface area (Å²) in [5, 5.41) is 4.34. The van der Waals surface area contributed by atoms with E-state index in [4.69, 9.17) is 5.73 Å². The molecule has 0 unspecified atom stereocenters. The molecule has 142 valence electrons. The monoisotopic (exact) mass is 386 g/mol. The molecule has 5 rings (SSSR count). The van der Waals surface area contributed by atoms with Crippen LogP contribution >= 0.6 is 0 Å². The summed E-state index contributed by atoms with van der Waals surface area (Å²) in [5.74, 6) is -0.804. The molecule has 0 aliphatic rings. The van der Waals surface area contributed by atoms with Crippen LogP contribution in [0.1, 0.15) is 16.1 Å². The van der Waals surface area contributed by atoms with Crippen molar-refractivity contribution in [3.63, 3.8) is 0 Å². The van der Waals surface area contributed by atoms with E-state index in [9.17, 15) is 9.18 Å². The molecule has 0 radical (unpaired) electrons. The second kappa shape index (κ2) is 6.52. The Morgan fingerprint density at radius 1 is 1.07 bits per heavy atom. The van der Waals surface area contributed by atoms with Crippen molar-refractivity contribution in [1.82, 2.24) is 24.7 Å². The van der Waals surface area contributed by atoms with Crippen molar-refractivity contribution >= 4 is 39.3 Å². The van der Waals surface area contributed by atoms with Gasteiger partial charge in [-0.2, -0.15) is 0 Å². The summed E-state index contributed by atoms with van der Waals surface area (Å²) in [4.78, 5) is 25.5. The first-order chi connectivity index (χ1) is 14.1. The third-order valence-corrected chi connectivity index (χ3v) is 4.80. The number of pyridine rings is 1. The van der Waals surface area contributed by atoms with Gasteiger partial charge in [0.15, 0.2) is 0 Å². The van der Waals surface area contributed by atoms with Gasteiger partial charge < -0.3 is 11.1 Å². The number of nitrogens with one attached hydrogen (secondary N) is 1. The van der Waals surface area contributed by atoms with E-state index >= 15 is 0 Å². The van der Waals surface area contributed by atoms with Crippen molar-refractivity contribution < 1.29 is 9.18 Å². The lowest BCUT2D eigenvalue weighted by atomic mass is 10.1. The number of nitrogen functional groups attached to an aromatic ring is 1. The van der Waals surface area contributed by atoms with Crippen LogP contribution in [0.2, 0.25) is 0 Å². The average Bonchev–Trinajstić information content (AvgIpc) is 3.19. The third kappa shape index (κ3) is 2.82. The molecule has 29 heavy (non-hydrogen) atoms. The number of imidazole rings is 1. The van der Waals surface area contributed by atoms with Gasteiger partial charge in [-0.1, -0.05) is 30.3 Å². The number of aromatic nitrogens is 4. The number of carbonyl (C=O) groups is 1. The molecule has 5 aromatic rings. The van der Waals surface area contributed by atoms with Crippen LogP contribution in [-0.2, 0) is 6.54 Å². The van der Waals surface area contributed by atoms with Gasteiger partial charge in [-0.15, -0.1) is 0 Å². The Balaban J connectivity index is 1.49. The lowest BCUT2D eigenvalue weighted by molar-refractivity contribution is 0.0946. The molecule has 1 amide bonds. The van der Waals surface area contributed by atoms with Crippen molar-refractivity contribution in [1.29, 1.82) is 0 Å². The average molecular weight is 386 g/mol. The second-order valence-corrected chi connectivity index (χ2v) is 6.60. The number of nitrogens with two attached hydrogens (primary N) is 1. The molecule has 3 aromatic heterocycles. The summed E-state index contributed by atoms with van der Waals surface area (Å²) in [6, 6.07) is 14.2. The maximum atomic E-state index is 14.1. The summed E-state index contributed by atoms with van der Waals surface area (Å²) in [5.41, 5.74) is 8.34. The van der Waals surface area contributed by atoms with Crippen LogP contribution < -0.4 is 11.1 Å². The van der Waals surface area contributed by atoms with E-state index in [0.29, 0.717) is 17.6 Å². The first-order valence-electron chi connectivity index (χ1n) is 8.95. The van der Waals surface area contributed by atoms with Gasteiger partial charge >= 0.3 is 0 Å². The highest BCUT2D eigenvalue weighted by Crippen LogP contribution is 2.23. The predicted octanol–water partition coefficient (Wildman–Crippen LogP) is 3.08. The molecule has 0 atom stereocenters. The number of fused-ring (bicyclic) bond motifs is 4. The summed E-state index contributed by atoms with van der Waals surface area (Å²) in [6.45, 7) is 0.296. The van der Waals surface area contributed by atoms with Crippen LogP contribution in [0.4, 0.5) is 10.3 Å². The van der Waals surface area contributed by atoms with Crippen LogP contribution in [0.15, 0.2) is 60.9 Å². The van der Waals surface area contributed by atoms with Gasteiger partial charge in [0.2, 0.25) is 5.95 Å². The molecule has 2 aromatic carbocycles. The number of benzene rings is 2. The third-order valence-electron chi connectivity index (χ3n) is 4.80. The van der Waals surface area contributed by atoms with Gasteiger partial charge in [0, 0.05) is 29.7 Å². The number of hydrogen-bond donors (Lipinski definition) is 2. The fourth-order valence-electron chi connectivity index (χ4n) is 3.41. The van der Waals surface area contributed by atoms with E-state index in [-0.39, 0.29) is 23.1 Å². The largest absolute Gasteiger partial charge is 0.369 e. The Morgan fingerprint density at radius 3 is 2.79 bits per heavy atom. The molecule has 0 bridgehead atoms. The Hall–Kier alpha value is -4.07.